The number of amides is 1. The van der Waals surface area contributed by atoms with Crippen LogP contribution in [0.5, 0.6) is 5.75 Å². The van der Waals surface area contributed by atoms with E-state index < -0.39 is 0 Å². The molecule has 0 radical (unpaired) electrons. The Bertz CT molecular complexity index is 437. The molecule has 0 bridgehead atoms. The second-order valence-corrected chi connectivity index (χ2v) is 4.17. The van der Waals surface area contributed by atoms with Crippen molar-refractivity contribution in [2.24, 2.45) is 0 Å². The van der Waals surface area contributed by atoms with Crippen molar-refractivity contribution < 1.29 is 14.3 Å². The van der Waals surface area contributed by atoms with E-state index in [2.05, 4.69) is 5.32 Å². The number of ether oxygens (including phenoxy) is 2. The van der Waals surface area contributed by atoms with Gasteiger partial charge in [-0.2, -0.15) is 5.26 Å². The molecular weight excluding hydrogens is 244 g/mol. The Morgan fingerprint density at radius 3 is 2.68 bits per heavy atom. The van der Waals surface area contributed by atoms with Gasteiger partial charge in [-0.05, 0) is 37.6 Å². The van der Waals surface area contributed by atoms with E-state index in [1.165, 1.54) is 0 Å². The summed E-state index contributed by atoms with van der Waals surface area (Å²) in [6.45, 7) is 2.49. The largest absolute Gasteiger partial charge is 0.484 e. The molecule has 1 N–H and O–H groups in total. The van der Waals surface area contributed by atoms with Crippen LogP contribution in [0, 0.1) is 11.3 Å². The van der Waals surface area contributed by atoms with Crippen LogP contribution >= 0.6 is 0 Å². The van der Waals surface area contributed by atoms with Crippen LogP contribution in [-0.2, 0) is 9.53 Å². The Hall–Kier alpha value is -2.06. The maximum absolute atomic E-state index is 11.6. The zero-order valence-corrected chi connectivity index (χ0v) is 11.2. The maximum Gasteiger partial charge on any atom is 0.258 e. The highest BCUT2D eigenvalue weighted by atomic mass is 16.5. The minimum Gasteiger partial charge on any atom is -0.484 e. The first-order valence-electron chi connectivity index (χ1n) is 6.07. The van der Waals surface area contributed by atoms with Crippen molar-refractivity contribution >= 4 is 5.91 Å². The number of nitriles is 1. The number of hydrogen-bond acceptors (Lipinski definition) is 4. The van der Waals surface area contributed by atoms with Crippen molar-refractivity contribution in [2.75, 3.05) is 20.3 Å². The summed E-state index contributed by atoms with van der Waals surface area (Å²) in [7, 11) is 1.63. The number of rotatable bonds is 7. The predicted octanol–water partition coefficient (Wildman–Crippen LogP) is 1.48. The van der Waals surface area contributed by atoms with E-state index >= 15 is 0 Å². The first-order chi connectivity index (χ1) is 9.15. The molecule has 1 rings (SSSR count). The lowest BCUT2D eigenvalue weighted by Gasteiger charge is -2.13. The summed E-state index contributed by atoms with van der Waals surface area (Å²) < 4.78 is 10.3. The van der Waals surface area contributed by atoms with E-state index in [9.17, 15) is 4.79 Å². The van der Waals surface area contributed by atoms with Gasteiger partial charge >= 0.3 is 0 Å². The molecule has 1 atom stereocenters. The van der Waals surface area contributed by atoms with Crippen LogP contribution in [0.15, 0.2) is 24.3 Å². The standard InChI is InChI=1S/C14H18N2O3/c1-11(7-8-18-2)16-14(17)10-19-13-5-3-12(9-15)4-6-13/h3-6,11H,7-8,10H2,1-2H3,(H,16,17). The third-order valence-corrected chi connectivity index (χ3v) is 2.52. The summed E-state index contributed by atoms with van der Waals surface area (Å²) in [5, 5.41) is 11.5. The Morgan fingerprint density at radius 2 is 2.11 bits per heavy atom. The van der Waals surface area contributed by atoms with E-state index in [0.717, 1.165) is 6.42 Å². The smallest absolute Gasteiger partial charge is 0.258 e. The summed E-state index contributed by atoms with van der Waals surface area (Å²) in [6.07, 6.45) is 0.763. The number of hydrogen-bond donors (Lipinski definition) is 1. The molecule has 0 spiro atoms. The number of carbonyl (C=O) groups is 1. The lowest BCUT2D eigenvalue weighted by Crippen LogP contribution is -2.36. The number of methoxy groups -OCH3 is 1. The molecule has 1 aromatic carbocycles. The highest BCUT2D eigenvalue weighted by Crippen LogP contribution is 2.11. The number of carbonyl (C=O) groups excluding carboxylic acids is 1. The summed E-state index contributed by atoms with van der Waals surface area (Å²) in [4.78, 5) is 11.6. The molecule has 0 aliphatic carbocycles. The van der Waals surface area contributed by atoms with Gasteiger partial charge in [-0.25, -0.2) is 0 Å². The van der Waals surface area contributed by atoms with Gasteiger partial charge in [-0.1, -0.05) is 0 Å². The predicted molar refractivity (Wildman–Crippen MR) is 70.7 cm³/mol. The molecule has 5 nitrogen and oxygen atoms in total. The summed E-state index contributed by atoms with van der Waals surface area (Å²) >= 11 is 0. The van der Waals surface area contributed by atoms with Crippen molar-refractivity contribution in [1.82, 2.24) is 5.32 Å². The average molecular weight is 262 g/mol. The fourth-order valence-electron chi connectivity index (χ4n) is 1.46. The molecule has 0 fully saturated rings. The van der Waals surface area contributed by atoms with Crippen LogP contribution in [0.25, 0.3) is 0 Å². The molecule has 102 valence electrons. The Morgan fingerprint density at radius 1 is 1.42 bits per heavy atom. The molecule has 0 saturated carbocycles. The van der Waals surface area contributed by atoms with Crippen LogP contribution in [0.1, 0.15) is 18.9 Å². The third-order valence-electron chi connectivity index (χ3n) is 2.52. The maximum atomic E-state index is 11.6. The second-order valence-electron chi connectivity index (χ2n) is 4.17. The molecule has 1 aromatic rings. The van der Waals surface area contributed by atoms with Gasteiger partial charge in [-0.3, -0.25) is 4.79 Å². The molecule has 1 unspecified atom stereocenters. The molecule has 0 aliphatic heterocycles. The minimum absolute atomic E-state index is 0.0385. The van der Waals surface area contributed by atoms with E-state index in [0.29, 0.717) is 17.9 Å². The van der Waals surface area contributed by atoms with Crippen LogP contribution in [0.4, 0.5) is 0 Å². The zero-order chi connectivity index (χ0) is 14.1. The zero-order valence-electron chi connectivity index (χ0n) is 11.2. The van der Waals surface area contributed by atoms with Crippen molar-refractivity contribution in [1.29, 1.82) is 5.26 Å². The molecule has 19 heavy (non-hydrogen) atoms. The molecule has 0 heterocycles. The van der Waals surface area contributed by atoms with Gasteiger partial charge in [0.15, 0.2) is 6.61 Å². The third kappa shape index (κ3) is 5.89. The summed E-state index contributed by atoms with van der Waals surface area (Å²) in [5.41, 5.74) is 0.560. The summed E-state index contributed by atoms with van der Waals surface area (Å²) in [6, 6.07) is 8.70. The fourth-order valence-corrected chi connectivity index (χ4v) is 1.46. The number of nitrogens with zero attached hydrogens (tertiary/aromatic N) is 1. The first-order valence-corrected chi connectivity index (χ1v) is 6.07. The highest BCUT2D eigenvalue weighted by Gasteiger charge is 2.07. The Balaban J connectivity index is 2.31. The fraction of sp³-hybridized carbons (Fsp3) is 0.429. The van der Waals surface area contributed by atoms with Crippen molar-refractivity contribution in [2.45, 2.75) is 19.4 Å². The normalized spacial score (nSPS) is 11.4. The lowest BCUT2D eigenvalue weighted by molar-refractivity contribution is -0.123. The monoisotopic (exact) mass is 262 g/mol. The second kappa shape index (κ2) is 8.11. The molecule has 0 aromatic heterocycles. The van der Waals surface area contributed by atoms with Gasteiger partial charge in [0.1, 0.15) is 5.75 Å². The van der Waals surface area contributed by atoms with Crippen molar-refractivity contribution in [3.05, 3.63) is 29.8 Å². The summed E-state index contributed by atoms with van der Waals surface area (Å²) in [5.74, 6) is 0.395. The molecule has 0 saturated heterocycles. The highest BCUT2D eigenvalue weighted by molar-refractivity contribution is 5.77. The molecule has 5 heteroatoms. The molecule has 0 aliphatic rings. The lowest BCUT2D eigenvalue weighted by atomic mass is 10.2. The van der Waals surface area contributed by atoms with E-state index in [-0.39, 0.29) is 18.6 Å². The van der Waals surface area contributed by atoms with Crippen molar-refractivity contribution in [3.63, 3.8) is 0 Å². The number of nitrogens with one attached hydrogen (secondary N) is 1. The van der Waals surface area contributed by atoms with Crippen LogP contribution in [0.2, 0.25) is 0 Å². The van der Waals surface area contributed by atoms with Gasteiger partial charge < -0.3 is 14.8 Å². The van der Waals surface area contributed by atoms with E-state index in [1.54, 1.807) is 31.4 Å². The van der Waals surface area contributed by atoms with Crippen molar-refractivity contribution in [3.8, 4) is 11.8 Å². The first kappa shape index (κ1) is 15.0. The van der Waals surface area contributed by atoms with Crippen LogP contribution < -0.4 is 10.1 Å². The quantitative estimate of drug-likeness (QED) is 0.808. The topological polar surface area (TPSA) is 71.3 Å². The molecule has 1 amide bonds. The number of benzene rings is 1. The van der Waals surface area contributed by atoms with E-state index in [4.69, 9.17) is 14.7 Å². The van der Waals surface area contributed by atoms with Crippen LogP contribution in [0.3, 0.4) is 0 Å². The average Bonchev–Trinajstić information content (AvgIpc) is 2.43. The minimum atomic E-state index is -0.173. The van der Waals surface area contributed by atoms with E-state index in [1.807, 2.05) is 13.0 Å². The van der Waals surface area contributed by atoms with Gasteiger partial charge in [-0.15, -0.1) is 0 Å². The Labute approximate surface area is 113 Å². The van der Waals surface area contributed by atoms with Gasteiger partial charge in [0.05, 0.1) is 11.6 Å². The SMILES string of the molecule is COCCC(C)NC(=O)COc1ccc(C#N)cc1. The van der Waals surface area contributed by atoms with Gasteiger partial charge in [0.2, 0.25) is 0 Å². The Kier molecular flexibility index (Phi) is 6.41. The van der Waals surface area contributed by atoms with Gasteiger partial charge in [0.25, 0.3) is 5.91 Å². The molecular formula is C14H18N2O3. The van der Waals surface area contributed by atoms with Crippen LogP contribution in [-0.4, -0.2) is 32.3 Å². The van der Waals surface area contributed by atoms with Gasteiger partial charge in [0, 0.05) is 19.8 Å².